The second-order valence-electron chi connectivity index (χ2n) is 5.98. The monoisotopic (exact) mass is 237 g/mol. The molecule has 2 aliphatic rings. The van der Waals surface area contributed by atoms with Gasteiger partial charge in [0.2, 0.25) is 0 Å². The Morgan fingerprint density at radius 2 is 1.59 bits per heavy atom. The van der Waals surface area contributed by atoms with Crippen molar-refractivity contribution >= 4 is 5.78 Å². The smallest absolute Gasteiger partial charge is 0.138 e. The highest BCUT2D eigenvalue weighted by Crippen LogP contribution is 2.28. The number of nitrogens with zero attached hydrogens (tertiary/aromatic N) is 1. The fourth-order valence-corrected chi connectivity index (χ4v) is 3.51. The molecule has 2 unspecified atom stereocenters. The lowest BCUT2D eigenvalue weighted by Crippen LogP contribution is -2.51. The molecule has 2 rings (SSSR count). The van der Waals surface area contributed by atoms with E-state index in [1.54, 1.807) is 0 Å². The van der Waals surface area contributed by atoms with E-state index in [1.165, 1.54) is 44.9 Å². The van der Waals surface area contributed by atoms with Crippen LogP contribution in [0, 0.1) is 5.92 Å². The maximum atomic E-state index is 11.7. The molecule has 0 spiro atoms. The molecule has 0 radical (unpaired) electrons. The van der Waals surface area contributed by atoms with Crippen molar-refractivity contribution in [3.05, 3.63) is 0 Å². The fraction of sp³-hybridized carbons (Fsp3) is 0.933. The lowest BCUT2D eigenvalue weighted by Gasteiger charge is -2.42. The second-order valence-corrected chi connectivity index (χ2v) is 5.98. The number of likely N-dealkylation sites (tertiary alicyclic amines) is 1. The van der Waals surface area contributed by atoms with Crippen LogP contribution in [0.3, 0.4) is 0 Å². The summed E-state index contributed by atoms with van der Waals surface area (Å²) in [4.78, 5) is 14.4. The highest BCUT2D eigenvalue weighted by Gasteiger charge is 2.34. The van der Waals surface area contributed by atoms with E-state index in [4.69, 9.17) is 0 Å². The van der Waals surface area contributed by atoms with Crippen LogP contribution in [0.5, 0.6) is 0 Å². The van der Waals surface area contributed by atoms with E-state index in [9.17, 15) is 4.79 Å². The van der Waals surface area contributed by atoms with Crippen molar-refractivity contribution in [2.45, 2.75) is 77.3 Å². The van der Waals surface area contributed by atoms with Gasteiger partial charge in [-0.05, 0) is 19.8 Å². The standard InChI is InChI=1S/C15H27NO/c1-12-13(2)16(11-10-15(12)17)14-8-6-4-3-5-7-9-14/h12-14H,3-11H2,1-2H3. The van der Waals surface area contributed by atoms with E-state index in [0.29, 0.717) is 11.8 Å². The van der Waals surface area contributed by atoms with Crippen molar-refractivity contribution < 1.29 is 4.79 Å². The van der Waals surface area contributed by atoms with Gasteiger partial charge in [-0.25, -0.2) is 0 Å². The molecule has 0 bridgehead atoms. The van der Waals surface area contributed by atoms with Crippen LogP contribution >= 0.6 is 0 Å². The average Bonchev–Trinajstić information content (AvgIpc) is 2.27. The van der Waals surface area contributed by atoms with Crippen molar-refractivity contribution in [1.82, 2.24) is 4.90 Å². The number of piperidine rings is 1. The van der Waals surface area contributed by atoms with Crippen LogP contribution in [-0.2, 0) is 4.79 Å². The molecule has 1 aliphatic carbocycles. The quantitative estimate of drug-likeness (QED) is 0.696. The first kappa shape index (κ1) is 13.1. The molecule has 0 aromatic rings. The maximum Gasteiger partial charge on any atom is 0.138 e. The first-order valence-electron chi connectivity index (χ1n) is 7.48. The van der Waals surface area contributed by atoms with Gasteiger partial charge in [0.05, 0.1) is 0 Å². The third-order valence-electron chi connectivity index (χ3n) is 4.91. The van der Waals surface area contributed by atoms with Crippen molar-refractivity contribution in [1.29, 1.82) is 0 Å². The number of hydrogen-bond donors (Lipinski definition) is 0. The van der Waals surface area contributed by atoms with E-state index in [1.807, 2.05) is 0 Å². The lowest BCUT2D eigenvalue weighted by molar-refractivity contribution is -0.129. The topological polar surface area (TPSA) is 20.3 Å². The molecule has 2 fully saturated rings. The number of rotatable bonds is 1. The number of carbonyl (C=O) groups excluding carboxylic acids is 1. The molecule has 0 aromatic heterocycles. The summed E-state index contributed by atoms with van der Waals surface area (Å²) in [6.07, 6.45) is 10.5. The zero-order valence-electron chi connectivity index (χ0n) is 11.5. The molecule has 0 aromatic carbocycles. The molecule has 1 saturated heterocycles. The molecule has 0 amide bonds. The van der Waals surface area contributed by atoms with Gasteiger partial charge < -0.3 is 0 Å². The molecule has 1 heterocycles. The third kappa shape index (κ3) is 3.09. The summed E-state index contributed by atoms with van der Waals surface area (Å²) in [6.45, 7) is 5.37. The molecule has 2 atom stereocenters. The zero-order chi connectivity index (χ0) is 12.3. The minimum atomic E-state index is 0.245. The Morgan fingerprint density at radius 3 is 2.24 bits per heavy atom. The normalized spacial score (nSPS) is 34.4. The van der Waals surface area contributed by atoms with Crippen LogP contribution in [0.4, 0.5) is 0 Å². The molecule has 2 heteroatoms. The number of ketones is 1. The van der Waals surface area contributed by atoms with Crippen molar-refractivity contribution in [2.75, 3.05) is 6.54 Å². The fourth-order valence-electron chi connectivity index (χ4n) is 3.51. The van der Waals surface area contributed by atoms with E-state index in [2.05, 4.69) is 18.7 Å². The van der Waals surface area contributed by atoms with Gasteiger partial charge in [-0.15, -0.1) is 0 Å². The Kier molecular flexibility index (Phi) is 4.61. The largest absolute Gasteiger partial charge is 0.299 e. The highest BCUT2D eigenvalue weighted by atomic mass is 16.1. The maximum absolute atomic E-state index is 11.7. The molecule has 1 aliphatic heterocycles. The van der Waals surface area contributed by atoms with Gasteiger partial charge in [0.1, 0.15) is 5.78 Å². The zero-order valence-corrected chi connectivity index (χ0v) is 11.5. The molecular formula is C15H27NO. The Balaban J connectivity index is 1.97. The van der Waals surface area contributed by atoms with Gasteiger partial charge in [-0.3, -0.25) is 9.69 Å². The van der Waals surface area contributed by atoms with Crippen LogP contribution in [0.1, 0.15) is 65.2 Å². The van der Waals surface area contributed by atoms with E-state index in [0.717, 1.165) is 19.0 Å². The summed E-state index contributed by atoms with van der Waals surface area (Å²) in [7, 11) is 0. The summed E-state index contributed by atoms with van der Waals surface area (Å²) < 4.78 is 0. The van der Waals surface area contributed by atoms with E-state index < -0.39 is 0 Å². The van der Waals surface area contributed by atoms with Gasteiger partial charge in [-0.1, -0.05) is 39.0 Å². The molecular weight excluding hydrogens is 210 g/mol. The Hall–Kier alpha value is -0.370. The Morgan fingerprint density at radius 1 is 1.00 bits per heavy atom. The van der Waals surface area contributed by atoms with Crippen LogP contribution in [-0.4, -0.2) is 29.3 Å². The van der Waals surface area contributed by atoms with Crippen LogP contribution < -0.4 is 0 Å². The van der Waals surface area contributed by atoms with Crippen molar-refractivity contribution in [3.63, 3.8) is 0 Å². The van der Waals surface area contributed by atoms with E-state index in [-0.39, 0.29) is 5.92 Å². The summed E-state index contributed by atoms with van der Waals surface area (Å²) in [5, 5.41) is 0. The SMILES string of the molecule is CC1C(=O)CCN(C2CCCCCCC2)C1C. The van der Waals surface area contributed by atoms with Gasteiger partial charge in [0.25, 0.3) is 0 Å². The summed E-state index contributed by atoms with van der Waals surface area (Å²) in [5.41, 5.74) is 0. The Bertz CT molecular complexity index is 256. The molecule has 0 N–H and O–H groups in total. The molecule has 2 nitrogen and oxygen atoms in total. The average molecular weight is 237 g/mol. The number of hydrogen-bond acceptors (Lipinski definition) is 2. The number of carbonyl (C=O) groups is 1. The van der Waals surface area contributed by atoms with E-state index >= 15 is 0 Å². The summed E-state index contributed by atoms with van der Waals surface area (Å²) in [6, 6.07) is 1.21. The first-order chi connectivity index (χ1) is 8.20. The van der Waals surface area contributed by atoms with Gasteiger partial charge >= 0.3 is 0 Å². The molecule has 98 valence electrons. The van der Waals surface area contributed by atoms with Gasteiger partial charge in [0.15, 0.2) is 0 Å². The molecule has 1 saturated carbocycles. The third-order valence-corrected chi connectivity index (χ3v) is 4.91. The highest BCUT2D eigenvalue weighted by molar-refractivity contribution is 5.82. The van der Waals surface area contributed by atoms with Crippen LogP contribution in [0.15, 0.2) is 0 Å². The predicted molar refractivity (Wildman–Crippen MR) is 71.1 cm³/mol. The summed E-state index contributed by atoms with van der Waals surface area (Å²) >= 11 is 0. The minimum Gasteiger partial charge on any atom is -0.299 e. The van der Waals surface area contributed by atoms with Gasteiger partial charge in [0, 0.05) is 31.0 Å². The predicted octanol–water partition coefficient (Wildman–Crippen LogP) is 3.40. The molecule has 17 heavy (non-hydrogen) atoms. The van der Waals surface area contributed by atoms with Crippen molar-refractivity contribution in [2.24, 2.45) is 5.92 Å². The number of Topliss-reactive ketones (excluding diaryl/α,β-unsaturated/α-hetero) is 1. The summed E-state index contributed by atoms with van der Waals surface area (Å²) in [5.74, 6) is 0.716. The van der Waals surface area contributed by atoms with Crippen LogP contribution in [0.25, 0.3) is 0 Å². The van der Waals surface area contributed by atoms with Crippen molar-refractivity contribution in [3.8, 4) is 0 Å². The Labute approximate surface area is 106 Å². The second kappa shape index (κ2) is 5.99. The minimum absolute atomic E-state index is 0.245. The first-order valence-corrected chi connectivity index (χ1v) is 7.48. The van der Waals surface area contributed by atoms with Gasteiger partial charge in [-0.2, -0.15) is 0 Å². The lowest BCUT2D eigenvalue weighted by atomic mass is 9.86. The van der Waals surface area contributed by atoms with Crippen LogP contribution in [0.2, 0.25) is 0 Å².